The van der Waals surface area contributed by atoms with E-state index in [-0.39, 0.29) is 11.8 Å². The first-order chi connectivity index (χ1) is 15.2. The zero-order valence-corrected chi connectivity index (χ0v) is 17.5. The Morgan fingerprint density at radius 2 is 1.45 bits per heavy atom. The Labute approximate surface area is 182 Å². The molecule has 158 valence electrons. The fraction of sp³-hybridized carbons (Fsp3) is 0.200. The Morgan fingerprint density at radius 1 is 0.806 bits per heavy atom. The summed E-state index contributed by atoms with van der Waals surface area (Å²) in [6.45, 7) is 2.62. The molecule has 31 heavy (non-hydrogen) atoms. The third-order valence-electron chi connectivity index (χ3n) is 5.43. The maximum absolute atomic E-state index is 13.2. The molecule has 6 nitrogen and oxygen atoms in total. The van der Waals surface area contributed by atoms with Crippen LogP contribution in [0, 0.1) is 0 Å². The monoisotopic (exact) mass is 415 g/mol. The predicted octanol–water partition coefficient (Wildman–Crippen LogP) is 3.91. The zero-order chi connectivity index (χ0) is 21.6. The van der Waals surface area contributed by atoms with Gasteiger partial charge in [-0.2, -0.15) is 0 Å². The predicted molar refractivity (Wildman–Crippen MR) is 122 cm³/mol. The van der Waals surface area contributed by atoms with Crippen LogP contribution in [0.15, 0.2) is 78.9 Å². The van der Waals surface area contributed by atoms with Gasteiger partial charge in [0.2, 0.25) is 0 Å². The van der Waals surface area contributed by atoms with Crippen LogP contribution in [0.5, 0.6) is 5.75 Å². The normalized spacial score (nSPS) is 13.6. The molecule has 0 saturated carbocycles. The maximum Gasteiger partial charge on any atom is 0.256 e. The van der Waals surface area contributed by atoms with Crippen LogP contribution in [-0.2, 0) is 0 Å². The van der Waals surface area contributed by atoms with Crippen molar-refractivity contribution in [2.45, 2.75) is 0 Å². The summed E-state index contributed by atoms with van der Waals surface area (Å²) < 4.78 is 5.47. The van der Waals surface area contributed by atoms with Gasteiger partial charge in [-0.1, -0.05) is 42.5 Å². The molecule has 1 aliphatic heterocycles. The van der Waals surface area contributed by atoms with Gasteiger partial charge in [-0.25, -0.2) is 0 Å². The first-order valence-corrected chi connectivity index (χ1v) is 10.3. The standard InChI is InChI=1S/C25H25N3O3/c1-31-23-14-8-7-13-22(23)27-15-17-28(18-16-27)25(30)20-11-5-6-12-21(20)26-24(29)19-9-3-2-4-10-19/h2-14H,15-18H2,1H3,(H,26,29). The lowest BCUT2D eigenvalue weighted by atomic mass is 10.1. The molecule has 6 heteroatoms. The summed E-state index contributed by atoms with van der Waals surface area (Å²) >= 11 is 0. The summed E-state index contributed by atoms with van der Waals surface area (Å²) in [5.74, 6) is 0.515. The largest absolute Gasteiger partial charge is 0.495 e. The molecular weight excluding hydrogens is 390 g/mol. The fourth-order valence-corrected chi connectivity index (χ4v) is 3.77. The van der Waals surface area contributed by atoms with E-state index >= 15 is 0 Å². The van der Waals surface area contributed by atoms with Crippen LogP contribution in [0.3, 0.4) is 0 Å². The quantitative estimate of drug-likeness (QED) is 0.686. The third kappa shape index (κ3) is 4.53. The second-order valence-electron chi connectivity index (χ2n) is 7.32. The van der Waals surface area contributed by atoms with Crippen molar-refractivity contribution in [2.75, 3.05) is 43.5 Å². The number of nitrogens with zero attached hydrogens (tertiary/aromatic N) is 2. The Bertz CT molecular complexity index is 1060. The number of methoxy groups -OCH3 is 1. The SMILES string of the molecule is COc1ccccc1N1CCN(C(=O)c2ccccc2NC(=O)c2ccccc2)CC1. The highest BCUT2D eigenvalue weighted by molar-refractivity contribution is 6.09. The van der Waals surface area contributed by atoms with E-state index in [4.69, 9.17) is 4.74 Å². The lowest BCUT2D eigenvalue weighted by Crippen LogP contribution is -2.49. The van der Waals surface area contributed by atoms with E-state index in [9.17, 15) is 9.59 Å². The molecule has 0 unspecified atom stereocenters. The molecule has 0 bridgehead atoms. The van der Waals surface area contributed by atoms with Crippen LogP contribution in [0.25, 0.3) is 0 Å². The van der Waals surface area contributed by atoms with Crippen molar-refractivity contribution in [3.63, 3.8) is 0 Å². The van der Waals surface area contributed by atoms with Gasteiger partial charge in [0.1, 0.15) is 5.75 Å². The Balaban J connectivity index is 1.45. The van der Waals surface area contributed by atoms with Gasteiger partial charge in [-0.15, -0.1) is 0 Å². The lowest BCUT2D eigenvalue weighted by Gasteiger charge is -2.36. The van der Waals surface area contributed by atoms with Gasteiger partial charge in [0.05, 0.1) is 24.0 Å². The molecule has 2 amide bonds. The van der Waals surface area contributed by atoms with Crippen molar-refractivity contribution >= 4 is 23.2 Å². The molecule has 1 heterocycles. The van der Waals surface area contributed by atoms with Crippen molar-refractivity contribution < 1.29 is 14.3 Å². The van der Waals surface area contributed by atoms with Gasteiger partial charge in [-0.3, -0.25) is 9.59 Å². The number of hydrogen-bond acceptors (Lipinski definition) is 4. The Morgan fingerprint density at radius 3 is 2.19 bits per heavy atom. The number of hydrogen-bond donors (Lipinski definition) is 1. The minimum Gasteiger partial charge on any atom is -0.495 e. The number of benzene rings is 3. The van der Waals surface area contributed by atoms with E-state index in [0.717, 1.165) is 11.4 Å². The Hall–Kier alpha value is -3.80. The molecule has 0 spiro atoms. The number of nitrogens with one attached hydrogen (secondary N) is 1. The van der Waals surface area contributed by atoms with Gasteiger partial charge in [-0.05, 0) is 36.4 Å². The number of ether oxygens (including phenoxy) is 1. The number of carbonyl (C=O) groups is 2. The van der Waals surface area contributed by atoms with Crippen LogP contribution < -0.4 is 15.0 Å². The number of carbonyl (C=O) groups excluding carboxylic acids is 2. The van der Waals surface area contributed by atoms with Gasteiger partial charge in [0.25, 0.3) is 11.8 Å². The summed E-state index contributed by atoms with van der Waals surface area (Å²) in [4.78, 5) is 29.9. The first-order valence-electron chi connectivity index (χ1n) is 10.3. The van der Waals surface area contributed by atoms with Crippen molar-refractivity contribution in [2.24, 2.45) is 0 Å². The first kappa shape index (κ1) is 20.5. The molecule has 4 rings (SSSR count). The van der Waals surface area contributed by atoms with Crippen molar-refractivity contribution in [1.29, 1.82) is 0 Å². The number of anilines is 2. The second kappa shape index (κ2) is 9.34. The smallest absolute Gasteiger partial charge is 0.256 e. The van der Waals surface area contributed by atoms with Crippen molar-refractivity contribution in [1.82, 2.24) is 4.90 Å². The van der Waals surface area contributed by atoms with E-state index in [1.807, 2.05) is 59.5 Å². The van der Waals surface area contributed by atoms with Crippen LogP contribution in [0.4, 0.5) is 11.4 Å². The van der Waals surface area contributed by atoms with Gasteiger partial charge >= 0.3 is 0 Å². The molecule has 3 aromatic rings. The van der Waals surface area contributed by atoms with Gasteiger partial charge < -0.3 is 19.9 Å². The number of para-hydroxylation sites is 3. The molecule has 1 aliphatic rings. The van der Waals surface area contributed by atoms with Crippen molar-refractivity contribution in [3.8, 4) is 5.75 Å². The van der Waals surface area contributed by atoms with Gasteiger partial charge in [0, 0.05) is 31.7 Å². The third-order valence-corrected chi connectivity index (χ3v) is 5.43. The highest BCUT2D eigenvalue weighted by atomic mass is 16.5. The number of piperazine rings is 1. The molecule has 3 aromatic carbocycles. The van der Waals surface area contributed by atoms with E-state index in [0.29, 0.717) is 43.0 Å². The zero-order valence-electron chi connectivity index (χ0n) is 17.5. The van der Waals surface area contributed by atoms with Crippen LogP contribution in [0.1, 0.15) is 20.7 Å². The Kier molecular flexibility index (Phi) is 6.17. The fourth-order valence-electron chi connectivity index (χ4n) is 3.77. The summed E-state index contributed by atoms with van der Waals surface area (Å²) in [6, 6.07) is 24.0. The summed E-state index contributed by atoms with van der Waals surface area (Å²) in [7, 11) is 1.67. The lowest BCUT2D eigenvalue weighted by molar-refractivity contribution is 0.0747. The molecule has 0 aliphatic carbocycles. The average molecular weight is 415 g/mol. The molecule has 1 fully saturated rings. The topological polar surface area (TPSA) is 61.9 Å². The van der Waals surface area contributed by atoms with Crippen LogP contribution in [0.2, 0.25) is 0 Å². The maximum atomic E-state index is 13.2. The van der Waals surface area contributed by atoms with E-state index in [1.54, 1.807) is 31.4 Å². The van der Waals surface area contributed by atoms with E-state index in [1.165, 1.54) is 0 Å². The number of amides is 2. The highest BCUT2D eigenvalue weighted by Gasteiger charge is 2.25. The average Bonchev–Trinajstić information content (AvgIpc) is 2.84. The van der Waals surface area contributed by atoms with E-state index < -0.39 is 0 Å². The minimum absolute atomic E-state index is 0.0800. The molecule has 0 radical (unpaired) electrons. The molecule has 1 saturated heterocycles. The summed E-state index contributed by atoms with van der Waals surface area (Å²) in [5.41, 5.74) is 2.61. The highest BCUT2D eigenvalue weighted by Crippen LogP contribution is 2.29. The molecular formula is C25H25N3O3. The molecule has 0 atom stereocenters. The minimum atomic E-state index is -0.234. The summed E-state index contributed by atoms with van der Waals surface area (Å²) in [5, 5.41) is 2.88. The van der Waals surface area contributed by atoms with Gasteiger partial charge in [0.15, 0.2) is 0 Å². The van der Waals surface area contributed by atoms with E-state index in [2.05, 4.69) is 10.2 Å². The van der Waals surface area contributed by atoms with Crippen LogP contribution >= 0.6 is 0 Å². The van der Waals surface area contributed by atoms with Crippen LogP contribution in [-0.4, -0.2) is 50.0 Å². The number of rotatable bonds is 5. The van der Waals surface area contributed by atoms with Crippen molar-refractivity contribution in [3.05, 3.63) is 90.0 Å². The molecule has 0 aromatic heterocycles. The molecule has 1 N–H and O–H groups in total. The second-order valence-corrected chi connectivity index (χ2v) is 7.32. The summed E-state index contributed by atoms with van der Waals surface area (Å²) in [6.07, 6.45) is 0.